The summed E-state index contributed by atoms with van der Waals surface area (Å²) in [5, 5.41) is 7.90. The first-order valence-corrected chi connectivity index (χ1v) is 8.09. The maximum atomic E-state index is 11.3. The molecule has 0 saturated heterocycles. The van der Waals surface area contributed by atoms with Crippen LogP contribution in [0.2, 0.25) is 0 Å². The lowest BCUT2D eigenvalue weighted by molar-refractivity contribution is 0.581. The molecule has 0 amide bonds. The Labute approximate surface area is 120 Å². The van der Waals surface area contributed by atoms with Crippen LogP contribution in [0.4, 0.5) is 0 Å². The van der Waals surface area contributed by atoms with E-state index < -0.39 is 10.0 Å². The molecule has 2 aromatic rings. The largest absolute Gasteiger partial charge is 0.220 e. The zero-order valence-electron chi connectivity index (χ0n) is 10.2. The minimum absolute atomic E-state index is 0.0484. The van der Waals surface area contributed by atoms with Crippen molar-refractivity contribution in [2.45, 2.75) is 13.5 Å². The first-order valence-electron chi connectivity index (χ1n) is 5.64. The zero-order valence-corrected chi connectivity index (χ0v) is 12.6. The van der Waals surface area contributed by atoms with Crippen molar-refractivity contribution in [1.29, 1.82) is 0 Å². The van der Waals surface area contributed by atoms with Gasteiger partial charge in [0.1, 0.15) is 0 Å². The van der Waals surface area contributed by atoms with E-state index in [1.165, 1.54) is 0 Å². The summed E-state index contributed by atoms with van der Waals surface area (Å²) in [6.45, 7) is 1.73. The summed E-state index contributed by atoms with van der Waals surface area (Å²) in [7, 11) is -3.21. The lowest BCUT2D eigenvalue weighted by Crippen LogP contribution is -2.24. The maximum Gasteiger partial charge on any atom is 0.211 e. The van der Waals surface area contributed by atoms with Gasteiger partial charge in [0.05, 0.1) is 29.9 Å². The second kappa shape index (κ2) is 5.81. The Morgan fingerprint density at radius 1 is 1.42 bits per heavy atom. The molecule has 102 valence electrons. The topological polar surface area (TPSA) is 76.9 Å². The molecule has 0 aliphatic carbocycles. The van der Waals surface area contributed by atoms with Gasteiger partial charge < -0.3 is 0 Å². The molecule has 0 atom stereocenters. The summed E-state index contributed by atoms with van der Waals surface area (Å²) in [5.41, 5.74) is 1.42. The predicted octanol–water partition coefficient (Wildman–Crippen LogP) is 1.47. The van der Waals surface area contributed by atoms with Crippen molar-refractivity contribution in [3.05, 3.63) is 40.6 Å². The van der Waals surface area contributed by atoms with Crippen molar-refractivity contribution in [2.24, 2.45) is 0 Å². The standard InChI is InChI=1S/C11H13BrN4O2S/c1-2-19(17,18)13-7-10-8-16(15-14-10)11-5-3-4-9(12)6-11/h3-6,8,13H,2,7H2,1H3. The summed E-state index contributed by atoms with van der Waals surface area (Å²) in [6, 6.07) is 7.59. The molecule has 0 aliphatic heterocycles. The molecular formula is C11H13BrN4O2S. The minimum atomic E-state index is -3.21. The van der Waals surface area contributed by atoms with Crippen LogP contribution >= 0.6 is 15.9 Å². The Hall–Kier alpha value is -1.25. The minimum Gasteiger partial charge on any atom is -0.220 e. The molecule has 1 heterocycles. The molecule has 0 radical (unpaired) electrons. The number of sulfonamides is 1. The average molecular weight is 345 g/mol. The van der Waals surface area contributed by atoms with Crippen LogP contribution in [0.25, 0.3) is 5.69 Å². The number of nitrogens with one attached hydrogen (secondary N) is 1. The monoisotopic (exact) mass is 344 g/mol. The third kappa shape index (κ3) is 3.85. The highest BCUT2D eigenvalue weighted by molar-refractivity contribution is 9.10. The highest BCUT2D eigenvalue weighted by Gasteiger charge is 2.08. The van der Waals surface area contributed by atoms with Gasteiger partial charge in [-0.3, -0.25) is 0 Å². The number of hydrogen-bond acceptors (Lipinski definition) is 4. The van der Waals surface area contributed by atoms with Crippen molar-refractivity contribution < 1.29 is 8.42 Å². The van der Waals surface area contributed by atoms with Crippen molar-refractivity contribution in [3.63, 3.8) is 0 Å². The normalized spacial score (nSPS) is 11.7. The molecule has 6 nitrogen and oxygen atoms in total. The molecule has 1 aromatic heterocycles. The fourth-order valence-electron chi connectivity index (χ4n) is 1.41. The maximum absolute atomic E-state index is 11.3. The number of halogens is 1. The molecule has 0 unspecified atom stereocenters. The number of nitrogens with zero attached hydrogens (tertiary/aromatic N) is 3. The molecule has 1 N–H and O–H groups in total. The van der Waals surface area contributed by atoms with E-state index in [0.29, 0.717) is 5.69 Å². The molecule has 2 rings (SSSR count). The smallest absolute Gasteiger partial charge is 0.211 e. The number of benzene rings is 1. The molecule has 8 heteroatoms. The summed E-state index contributed by atoms with van der Waals surface area (Å²) in [6.07, 6.45) is 1.69. The van der Waals surface area contributed by atoms with Gasteiger partial charge in [0.25, 0.3) is 0 Å². The van der Waals surface area contributed by atoms with E-state index in [2.05, 4.69) is 31.0 Å². The van der Waals surface area contributed by atoms with Gasteiger partial charge in [-0.25, -0.2) is 17.8 Å². The van der Waals surface area contributed by atoms with E-state index in [9.17, 15) is 8.42 Å². The molecule has 1 aromatic carbocycles. The summed E-state index contributed by atoms with van der Waals surface area (Å²) >= 11 is 3.38. The van der Waals surface area contributed by atoms with Crippen molar-refractivity contribution in [2.75, 3.05) is 5.75 Å². The van der Waals surface area contributed by atoms with Crippen LogP contribution in [0.3, 0.4) is 0 Å². The molecule has 0 fully saturated rings. The van der Waals surface area contributed by atoms with Gasteiger partial charge in [-0.2, -0.15) is 0 Å². The second-order valence-electron chi connectivity index (χ2n) is 3.86. The predicted molar refractivity (Wildman–Crippen MR) is 75.4 cm³/mol. The third-order valence-electron chi connectivity index (χ3n) is 2.47. The van der Waals surface area contributed by atoms with E-state index >= 15 is 0 Å². The average Bonchev–Trinajstić information content (AvgIpc) is 2.85. The van der Waals surface area contributed by atoms with Gasteiger partial charge >= 0.3 is 0 Å². The highest BCUT2D eigenvalue weighted by Crippen LogP contribution is 2.14. The number of rotatable bonds is 5. The first kappa shape index (κ1) is 14.2. The van der Waals surface area contributed by atoms with Gasteiger partial charge in [-0.15, -0.1) is 5.10 Å². The van der Waals surface area contributed by atoms with E-state index in [1.54, 1.807) is 17.8 Å². The molecular weight excluding hydrogens is 332 g/mol. The fraction of sp³-hybridized carbons (Fsp3) is 0.273. The first-order chi connectivity index (χ1) is 9.00. The van der Waals surface area contributed by atoms with Crippen molar-refractivity contribution >= 4 is 26.0 Å². The number of hydrogen-bond donors (Lipinski definition) is 1. The zero-order chi connectivity index (χ0) is 13.9. The Bertz CT molecular complexity index is 669. The second-order valence-corrected chi connectivity index (χ2v) is 6.87. The van der Waals surface area contributed by atoms with Crippen LogP contribution in [-0.2, 0) is 16.6 Å². The Morgan fingerprint density at radius 3 is 2.89 bits per heavy atom. The Morgan fingerprint density at radius 2 is 2.21 bits per heavy atom. The molecule has 0 spiro atoms. The lowest BCUT2D eigenvalue weighted by atomic mass is 10.3. The van der Waals surface area contributed by atoms with Crippen LogP contribution in [-0.4, -0.2) is 29.2 Å². The van der Waals surface area contributed by atoms with Crippen LogP contribution in [0, 0.1) is 0 Å². The van der Waals surface area contributed by atoms with E-state index in [4.69, 9.17) is 0 Å². The van der Waals surface area contributed by atoms with Crippen molar-refractivity contribution in [1.82, 2.24) is 19.7 Å². The SMILES string of the molecule is CCS(=O)(=O)NCc1cn(-c2cccc(Br)c2)nn1. The van der Waals surface area contributed by atoms with E-state index in [-0.39, 0.29) is 12.3 Å². The summed E-state index contributed by atoms with van der Waals surface area (Å²) in [5.74, 6) is 0.0484. The van der Waals surface area contributed by atoms with Crippen LogP contribution in [0.5, 0.6) is 0 Å². The third-order valence-corrected chi connectivity index (χ3v) is 4.30. The van der Waals surface area contributed by atoms with Crippen molar-refractivity contribution in [3.8, 4) is 5.69 Å². The molecule has 0 aliphatic rings. The van der Waals surface area contributed by atoms with Gasteiger partial charge in [-0.05, 0) is 25.1 Å². The van der Waals surface area contributed by atoms with E-state index in [0.717, 1.165) is 10.2 Å². The lowest BCUT2D eigenvalue weighted by Gasteiger charge is -2.01. The van der Waals surface area contributed by atoms with Gasteiger partial charge in [0.2, 0.25) is 10.0 Å². The molecule has 0 saturated carbocycles. The van der Waals surface area contributed by atoms with Crippen LogP contribution < -0.4 is 4.72 Å². The molecule has 0 bridgehead atoms. The van der Waals surface area contributed by atoms with E-state index in [1.807, 2.05) is 24.3 Å². The van der Waals surface area contributed by atoms with Gasteiger partial charge in [-0.1, -0.05) is 27.2 Å². The molecule has 19 heavy (non-hydrogen) atoms. The quantitative estimate of drug-likeness (QED) is 0.890. The van der Waals surface area contributed by atoms with Crippen LogP contribution in [0.15, 0.2) is 34.9 Å². The summed E-state index contributed by atoms with van der Waals surface area (Å²) < 4.78 is 27.6. The highest BCUT2D eigenvalue weighted by atomic mass is 79.9. The summed E-state index contributed by atoms with van der Waals surface area (Å²) in [4.78, 5) is 0. The van der Waals surface area contributed by atoms with Crippen LogP contribution in [0.1, 0.15) is 12.6 Å². The Balaban J connectivity index is 2.12. The fourth-order valence-corrected chi connectivity index (χ4v) is 2.37. The van der Waals surface area contributed by atoms with Gasteiger partial charge in [0, 0.05) is 4.47 Å². The van der Waals surface area contributed by atoms with Gasteiger partial charge in [0.15, 0.2) is 0 Å². The Kier molecular flexibility index (Phi) is 4.33. The number of aromatic nitrogens is 3.